The molecule has 76 valence electrons. The molecule has 2 unspecified atom stereocenters. The third-order valence-corrected chi connectivity index (χ3v) is 3.87. The summed E-state index contributed by atoms with van der Waals surface area (Å²) in [5.41, 5.74) is 0. The van der Waals surface area contributed by atoms with Crippen molar-refractivity contribution < 1.29 is 0 Å². The zero-order valence-electron chi connectivity index (χ0n) is 9.00. The van der Waals surface area contributed by atoms with E-state index in [0.717, 1.165) is 24.1 Å². The Kier molecular flexibility index (Phi) is 4.10. The molecule has 1 aliphatic rings. The Morgan fingerprint density at radius 3 is 2.69 bits per heavy atom. The first-order valence-electron chi connectivity index (χ1n) is 5.11. The molecule has 0 spiro atoms. The Labute approximate surface area is 85.6 Å². The van der Waals surface area contributed by atoms with Crippen LogP contribution in [0, 0.1) is 5.92 Å². The number of nitrogens with one attached hydrogen (secondary N) is 1. The Bertz CT molecular complexity index is 189. The molecule has 1 N–H and O–H groups in total. The van der Waals surface area contributed by atoms with E-state index in [1.165, 1.54) is 0 Å². The molecule has 0 aromatic rings. The molecule has 1 heterocycles. The van der Waals surface area contributed by atoms with Crippen molar-refractivity contribution in [2.24, 2.45) is 10.9 Å². The van der Waals surface area contributed by atoms with E-state index in [2.05, 4.69) is 38.0 Å². The second kappa shape index (κ2) is 4.89. The van der Waals surface area contributed by atoms with Gasteiger partial charge in [-0.15, -0.1) is 0 Å². The predicted octanol–water partition coefficient (Wildman–Crippen LogP) is 2.50. The molecule has 0 aromatic carbocycles. The van der Waals surface area contributed by atoms with Gasteiger partial charge in [0.1, 0.15) is 0 Å². The number of nitrogens with zero attached hydrogens (tertiary/aromatic N) is 1. The monoisotopic (exact) mass is 200 g/mol. The van der Waals surface area contributed by atoms with E-state index in [9.17, 15) is 0 Å². The second-order valence-corrected chi connectivity index (χ2v) is 5.23. The van der Waals surface area contributed by atoms with Crippen molar-refractivity contribution in [2.45, 2.75) is 45.4 Å². The summed E-state index contributed by atoms with van der Waals surface area (Å²) < 4.78 is 0. The fraction of sp³-hybridized carbons (Fsp3) is 0.900. The van der Waals surface area contributed by atoms with Crippen LogP contribution in [-0.4, -0.2) is 23.0 Å². The highest BCUT2D eigenvalue weighted by atomic mass is 32.2. The predicted molar refractivity (Wildman–Crippen MR) is 61.4 cm³/mol. The van der Waals surface area contributed by atoms with E-state index in [1.54, 1.807) is 0 Å². The fourth-order valence-electron chi connectivity index (χ4n) is 1.13. The van der Waals surface area contributed by atoms with Crippen LogP contribution in [0.5, 0.6) is 0 Å². The van der Waals surface area contributed by atoms with Gasteiger partial charge in [0.2, 0.25) is 0 Å². The molecule has 0 amide bonds. The lowest BCUT2D eigenvalue weighted by Crippen LogP contribution is -2.29. The number of hydrogen-bond donors (Lipinski definition) is 1. The highest BCUT2D eigenvalue weighted by Gasteiger charge is 2.22. The van der Waals surface area contributed by atoms with E-state index in [0.29, 0.717) is 11.3 Å². The lowest BCUT2D eigenvalue weighted by Gasteiger charge is -2.14. The first-order chi connectivity index (χ1) is 6.13. The normalized spacial score (nSPS) is 24.7. The van der Waals surface area contributed by atoms with Crippen LogP contribution >= 0.6 is 11.8 Å². The van der Waals surface area contributed by atoms with Crippen molar-refractivity contribution in [2.75, 3.05) is 6.54 Å². The van der Waals surface area contributed by atoms with Gasteiger partial charge >= 0.3 is 0 Å². The molecule has 13 heavy (non-hydrogen) atoms. The van der Waals surface area contributed by atoms with Gasteiger partial charge in [-0.3, -0.25) is 4.99 Å². The summed E-state index contributed by atoms with van der Waals surface area (Å²) in [6.07, 6.45) is 1.16. The van der Waals surface area contributed by atoms with Gasteiger partial charge in [0.05, 0.1) is 6.54 Å². The van der Waals surface area contributed by atoms with Gasteiger partial charge in [-0.1, -0.05) is 32.5 Å². The molecular weight excluding hydrogens is 180 g/mol. The van der Waals surface area contributed by atoms with Crippen molar-refractivity contribution in [3.8, 4) is 0 Å². The van der Waals surface area contributed by atoms with Crippen molar-refractivity contribution in [3.05, 3.63) is 0 Å². The maximum Gasteiger partial charge on any atom is 0.157 e. The average Bonchev–Trinajstić information content (AvgIpc) is 2.52. The van der Waals surface area contributed by atoms with Gasteiger partial charge in [0.25, 0.3) is 0 Å². The smallest absolute Gasteiger partial charge is 0.157 e. The number of rotatable bonds is 3. The van der Waals surface area contributed by atoms with E-state index in [-0.39, 0.29) is 0 Å². The summed E-state index contributed by atoms with van der Waals surface area (Å²) in [7, 11) is 0. The Hall–Kier alpha value is -0.180. The molecule has 3 heteroatoms. The third kappa shape index (κ3) is 3.22. The molecular formula is C10H20N2S. The van der Waals surface area contributed by atoms with Crippen LogP contribution in [0.4, 0.5) is 0 Å². The van der Waals surface area contributed by atoms with E-state index in [4.69, 9.17) is 0 Å². The molecule has 0 fully saturated rings. The zero-order valence-corrected chi connectivity index (χ0v) is 9.82. The highest BCUT2D eigenvalue weighted by molar-refractivity contribution is 8.14. The Morgan fingerprint density at radius 1 is 1.54 bits per heavy atom. The topological polar surface area (TPSA) is 24.4 Å². The minimum absolute atomic E-state index is 0.553. The van der Waals surface area contributed by atoms with Crippen LogP contribution in [-0.2, 0) is 0 Å². The van der Waals surface area contributed by atoms with Crippen LogP contribution < -0.4 is 5.32 Å². The van der Waals surface area contributed by atoms with Crippen molar-refractivity contribution in [3.63, 3.8) is 0 Å². The van der Waals surface area contributed by atoms with Gasteiger partial charge in [-0.05, 0) is 19.3 Å². The summed E-state index contributed by atoms with van der Waals surface area (Å²) in [5, 5.41) is 5.26. The van der Waals surface area contributed by atoms with Crippen LogP contribution in [0.3, 0.4) is 0 Å². The van der Waals surface area contributed by atoms with E-state index >= 15 is 0 Å². The van der Waals surface area contributed by atoms with Crippen molar-refractivity contribution in [1.82, 2.24) is 5.32 Å². The van der Waals surface area contributed by atoms with Crippen molar-refractivity contribution >= 4 is 16.9 Å². The first kappa shape index (κ1) is 10.9. The zero-order chi connectivity index (χ0) is 9.84. The maximum absolute atomic E-state index is 4.49. The maximum atomic E-state index is 4.49. The first-order valence-corrected chi connectivity index (χ1v) is 5.99. The summed E-state index contributed by atoms with van der Waals surface area (Å²) in [6, 6.07) is 0.553. The molecule has 2 nitrogen and oxygen atoms in total. The fourth-order valence-corrected chi connectivity index (χ4v) is 2.26. The number of aliphatic imine (C=N–C) groups is 1. The minimum Gasteiger partial charge on any atom is -0.362 e. The van der Waals surface area contributed by atoms with Crippen molar-refractivity contribution in [1.29, 1.82) is 0 Å². The minimum atomic E-state index is 0.553. The van der Waals surface area contributed by atoms with E-state index < -0.39 is 0 Å². The largest absolute Gasteiger partial charge is 0.362 e. The van der Waals surface area contributed by atoms with Crippen LogP contribution in [0.1, 0.15) is 34.1 Å². The molecule has 1 aliphatic heterocycles. The lowest BCUT2D eigenvalue weighted by molar-refractivity contribution is 0.620. The standard InChI is InChI=1S/C10H20N2S/c1-5-8(4)12-10-11-6-9(13-10)7(2)3/h7-9H,5-6H2,1-4H3,(H,11,12). The Balaban J connectivity index is 2.32. The summed E-state index contributed by atoms with van der Waals surface area (Å²) >= 11 is 1.90. The number of hydrogen-bond acceptors (Lipinski definition) is 3. The summed E-state index contributed by atoms with van der Waals surface area (Å²) in [6.45, 7) is 9.91. The molecule has 0 radical (unpaired) electrons. The molecule has 2 atom stereocenters. The summed E-state index contributed by atoms with van der Waals surface area (Å²) in [4.78, 5) is 4.49. The number of thioether (sulfide) groups is 1. The van der Waals surface area contributed by atoms with Crippen LogP contribution in [0.15, 0.2) is 4.99 Å². The molecule has 0 bridgehead atoms. The number of amidine groups is 1. The Morgan fingerprint density at radius 2 is 2.23 bits per heavy atom. The molecule has 0 saturated carbocycles. The summed E-state index contributed by atoms with van der Waals surface area (Å²) in [5.74, 6) is 0.727. The second-order valence-electron chi connectivity index (χ2n) is 4.00. The molecule has 1 rings (SSSR count). The van der Waals surface area contributed by atoms with Gasteiger partial charge in [0.15, 0.2) is 5.17 Å². The van der Waals surface area contributed by atoms with Gasteiger partial charge in [-0.25, -0.2) is 0 Å². The van der Waals surface area contributed by atoms with E-state index in [1.807, 2.05) is 11.8 Å². The molecule has 0 saturated heterocycles. The SMILES string of the molecule is CCC(C)NC1=NCC(C(C)C)S1. The van der Waals surface area contributed by atoms with Crippen LogP contribution in [0.25, 0.3) is 0 Å². The molecule has 0 aliphatic carbocycles. The average molecular weight is 200 g/mol. The third-order valence-electron chi connectivity index (χ3n) is 2.40. The van der Waals surface area contributed by atoms with Gasteiger partial charge in [-0.2, -0.15) is 0 Å². The van der Waals surface area contributed by atoms with Gasteiger partial charge in [0, 0.05) is 11.3 Å². The van der Waals surface area contributed by atoms with Crippen LogP contribution in [0.2, 0.25) is 0 Å². The van der Waals surface area contributed by atoms with Gasteiger partial charge < -0.3 is 5.32 Å². The highest BCUT2D eigenvalue weighted by Crippen LogP contribution is 2.26. The lowest BCUT2D eigenvalue weighted by atomic mass is 10.1. The molecule has 0 aromatic heterocycles. The quantitative estimate of drug-likeness (QED) is 0.757.